The Morgan fingerprint density at radius 2 is 1.83 bits per heavy atom. The Labute approximate surface area is 143 Å². The molecule has 0 atom stereocenters. The van der Waals surface area contributed by atoms with Crippen molar-refractivity contribution in [2.24, 2.45) is 0 Å². The van der Waals surface area contributed by atoms with Crippen LogP contribution in [0.25, 0.3) is 16.9 Å². The summed E-state index contributed by atoms with van der Waals surface area (Å²) in [5.41, 5.74) is 4.18. The van der Waals surface area contributed by atoms with Gasteiger partial charge < -0.3 is 9.47 Å². The van der Waals surface area contributed by atoms with Crippen LogP contribution in [0.15, 0.2) is 60.1 Å². The molecule has 0 saturated heterocycles. The average Bonchev–Trinajstić information content (AvgIpc) is 3.18. The summed E-state index contributed by atoms with van der Waals surface area (Å²) in [6, 6.07) is 15.7. The number of rotatable bonds is 4. The van der Waals surface area contributed by atoms with Crippen molar-refractivity contribution in [1.29, 1.82) is 0 Å². The van der Waals surface area contributed by atoms with Gasteiger partial charge in [-0.15, -0.1) is 11.3 Å². The van der Waals surface area contributed by atoms with Crippen LogP contribution in [0.5, 0.6) is 16.6 Å². The van der Waals surface area contributed by atoms with Crippen molar-refractivity contribution in [3.05, 3.63) is 65.8 Å². The van der Waals surface area contributed by atoms with E-state index in [1.54, 1.807) is 18.4 Å². The van der Waals surface area contributed by atoms with Gasteiger partial charge in [0.25, 0.3) is 0 Å². The molecule has 120 valence electrons. The van der Waals surface area contributed by atoms with Crippen molar-refractivity contribution in [1.82, 2.24) is 9.38 Å². The van der Waals surface area contributed by atoms with Crippen molar-refractivity contribution in [3.8, 4) is 27.8 Å². The predicted molar refractivity (Wildman–Crippen MR) is 96.3 cm³/mol. The van der Waals surface area contributed by atoms with E-state index in [2.05, 4.69) is 20.8 Å². The van der Waals surface area contributed by atoms with E-state index in [4.69, 9.17) is 9.47 Å². The number of hydrogen-bond acceptors (Lipinski definition) is 4. The minimum absolute atomic E-state index is 0.791. The first-order chi connectivity index (χ1) is 11.7. The molecule has 5 heteroatoms. The van der Waals surface area contributed by atoms with Gasteiger partial charge in [-0.05, 0) is 43.3 Å². The second kappa shape index (κ2) is 6.02. The molecule has 0 saturated carbocycles. The van der Waals surface area contributed by atoms with Crippen molar-refractivity contribution < 1.29 is 9.47 Å². The van der Waals surface area contributed by atoms with Crippen LogP contribution >= 0.6 is 11.3 Å². The molecule has 0 aliphatic carbocycles. The Morgan fingerprint density at radius 1 is 1.04 bits per heavy atom. The molecule has 0 amide bonds. The third kappa shape index (κ3) is 2.63. The molecule has 0 unspecified atom stereocenters. The van der Waals surface area contributed by atoms with E-state index in [9.17, 15) is 0 Å². The Kier molecular flexibility index (Phi) is 3.70. The molecule has 4 aromatic rings. The van der Waals surface area contributed by atoms with Gasteiger partial charge in [-0.3, -0.25) is 4.40 Å². The number of benzene rings is 1. The van der Waals surface area contributed by atoms with Crippen molar-refractivity contribution in [2.45, 2.75) is 6.92 Å². The van der Waals surface area contributed by atoms with Crippen molar-refractivity contribution in [3.63, 3.8) is 0 Å². The summed E-state index contributed by atoms with van der Waals surface area (Å²) in [5.74, 6) is 1.61. The maximum Gasteiger partial charge on any atom is 0.181 e. The standard InChI is InChI=1S/C19H16N2O2S/c1-13-19(21-10-4-3-5-17(21)20-13)14-11-18(24-12-14)23-16-8-6-15(22-2)7-9-16/h3-12H,1-2H3. The summed E-state index contributed by atoms with van der Waals surface area (Å²) in [4.78, 5) is 4.61. The fraction of sp³-hybridized carbons (Fsp3) is 0.105. The van der Waals surface area contributed by atoms with Gasteiger partial charge in [0.15, 0.2) is 5.06 Å². The molecule has 0 aliphatic heterocycles. The van der Waals surface area contributed by atoms with Gasteiger partial charge in [-0.25, -0.2) is 4.98 Å². The lowest BCUT2D eigenvalue weighted by Crippen LogP contribution is -1.87. The van der Waals surface area contributed by atoms with E-state index in [1.165, 1.54) is 0 Å². The quantitative estimate of drug-likeness (QED) is 0.515. The largest absolute Gasteiger partial charge is 0.497 e. The number of nitrogens with zero attached hydrogens (tertiary/aromatic N) is 2. The number of methoxy groups -OCH3 is 1. The van der Waals surface area contributed by atoms with Crippen LogP contribution in [0.3, 0.4) is 0 Å². The van der Waals surface area contributed by atoms with Crippen molar-refractivity contribution >= 4 is 17.0 Å². The van der Waals surface area contributed by atoms with E-state index in [0.717, 1.165) is 39.2 Å². The predicted octanol–water partition coefficient (Wildman–Crippen LogP) is 5.17. The summed E-state index contributed by atoms with van der Waals surface area (Å²) >= 11 is 1.58. The lowest BCUT2D eigenvalue weighted by Gasteiger charge is -2.04. The molecule has 0 N–H and O–H groups in total. The molecule has 3 aromatic heterocycles. The highest BCUT2D eigenvalue weighted by Crippen LogP contribution is 2.35. The zero-order chi connectivity index (χ0) is 16.5. The Morgan fingerprint density at radius 3 is 2.62 bits per heavy atom. The van der Waals surface area contributed by atoms with Gasteiger partial charge in [0.05, 0.1) is 18.5 Å². The fourth-order valence-corrected chi connectivity index (χ4v) is 3.48. The maximum atomic E-state index is 5.94. The maximum absolute atomic E-state index is 5.94. The zero-order valence-electron chi connectivity index (χ0n) is 13.4. The summed E-state index contributed by atoms with van der Waals surface area (Å²) in [7, 11) is 1.65. The van der Waals surface area contributed by atoms with Crippen LogP contribution in [0.2, 0.25) is 0 Å². The molecule has 1 aromatic carbocycles. The second-order valence-corrected chi connectivity index (χ2v) is 6.28. The summed E-state index contributed by atoms with van der Waals surface area (Å²) < 4.78 is 13.2. The molecule has 4 rings (SSSR count). The van der Waals surface area contributed by atoms with E-state index in [0.29, 0.717) is 0 Å². The van der Waals surface area contributed by atoms with Crippen LogP contribution in [0.4, 0.5) is 0 Å². The van der Waals surface area contributed by atoms with E-state index in [-0.39, 0.29) is 0 Å². The highest BCUT2D eigenvalue weighted by molar-refractivity contribution is 7.12. The number of imidazole rings is 1. The number of fused-ring (bicyclic) bond motifs is 1. The first-order valence-electron chi connectivity index (χ1n) is 7.59. The summed E-state index contributed by atoms with van der Waals surface area (Å²) in [6.45, 7) is 2.03. The van der Waals surface area contributed by atoms with Gasteiger partial charge in [-0.1, -0.05) is 6.07 Å². The minimum atomic E-state index is 0.791. The molecule has 0 spiro atoms. The molecule has 0 fully saturated rings. The number of hydrogen-bond donors (Lipinski definition) is 0. The van der Waals surface area contributed by atoms with E-state index < -0.39 is 0 Å². The number of ether oxygens (including phenoxy) is 2. The van der Waals surface area contributed by atoms with Gasteiger partial charge in [0.1, 0.15) is 17.1 Å². The fourth-order valence-electron chi connectivity index (χ4n) is 2.72. The SMILES string of the molecule is COc1ccc(Oc2cc(-c3c(C)nc4ccccn34)cs2)cc1. The third-order valence-corrected chi connectivity index (χ3v) is 4.64. The molecule has 0 radical (unpaired) electrons. The monoisotopic (exact) mass is 336 g/mol. The molecule has 24 heavy (non-hydrogen) atoms. The second-order valence-electron chi connectivity index (χ2n) is 5.41. The highest BCUT2D eigenvalue weighted by Gasteiger charge is 2.13. The van der Waals surface area contributed by atoms with Gasteiger partial charge in [0.2, 0.25) is 0 Å². The number of thiophene rings is 1. The molecule has 0 aliphatic rings. The Bertz CT molecular complexity index is 986. The normalized spacial score (nSPS) is 10.9. The summed E-state index contributed by atoms with van der Waals surface area (Å²) in [5, 5.41) is 2.95. The van der Waals surface area contributed by atoms with Crippen LogP contribution in [-0.2, 0) is 0 Å². The first kappa shape index (κ1) is 14.8. The van der Waals surface area contributed by atoms with Crippen LogP contribution in [-0.4, -0.2) is 16.5 Å². The lowest BCUT2D eigenvalue weighted by molar-refractivity contribution is 0.413. The van der Waals surface area contributed by atoms with Gasteiger partial charge in [0, 0.05) is 23.2 Å². The average molecular weight is 336 g/mol. The molecular formula is C19H16N2O2S. The Hall–Kier alpha value is -2.79. The Balaban J connectivity index is 1.65. The van der Waals surface area contributed by atoms with Gasteiger partial charge >= 0.3 is 0 Å². The first-order valence-corrected chi connectivity index (χ1v) is 8.47. The minimum Gasteiger partial charge on any atom is -0.497 e. The molecule has 4 nitrogen and oxygen atoms in total. The molecule has 3 heterocycles. The molecule has 0 bridgehead atoms. The molecular weight excluding hydrogens is 320 g/mol. The number of pyridine rings is 1. The highest BCUT2D eigenvalue weighted by atomic mass is 32.1. The summed E-state index contributed by atoms with van der Waals surface area (Å²) in [6.07, 6.45) is 2.03. The number of aryl methyl sites for hydroxylation is 1. The van der Waals surface area contributed by atoms with Crippen LogP contribution in [0, 0.1) is 6.92 Å². The van der Waals surface area contributed by atoms with Crippen LogP contribution in [0.1, 0.15) is 5.69 Å². The van der Waals surface area contributed by atoms with Gasteiger partial charge in [-0.2, -0.15) is 0 Å². The van der Waals surface area contributed by atoms with Crippen molar-refractivity contribution in [2.75, 3.05) is 7.11 Å². The third-order valence-electron chi connectivity index (χ3n) is 3.83. The smallest absolute Gasteiger partial charge is 0.181 e. The van der Waals surface area contributed by atoms with E-state index in [1.807, 2.05) is 55.6 Å². The zero-order valence-corrected chi connectivity index (χ0v) is 14.2. The van der Waals surface area contributed by atoms with E-state index >= 15 is 0 Å². The van der Waals surface area contributed by atoms with Crippen LogP contribution < -0.4 is 9.47 Å². The number of aromatic nitrogens is 2. The lowest BCUT2D eigenvalue weighted by atomic mass is 10.2. The topological polar surface area (TPSA) is 35.8 Å².